The average molecular weight is 334 g/mol. The summed E-state index contributed by atoms with van der Waals surface area (Å²) >= 11 is 0. The van der Waals surface area contributed by atoms with E-state index in [2.05, 4.69) is 11.8 Å². The lowest BCUT2D eigenvalue weighted by molar-refractivity contribution is 0.100. The number of aromatic nitrogens is 2. The van der Waals surface area contributed by atoms with Crippen LogP contribution in [0.1, 0.15) is 66.1 Å². The maximum atomic E-state index is 11.6. The van der Waals surface area contributed by atoms with Gasteiger partial charge in [-0.05, 0) is 50.7 Å². The maximum Gasteiger partial charge on any atom is 0.248 e. The van der Waals surface area contributed by atoms with Gasteiger partial charge in [0.05, 0.1) is 11.4 Å². The summed E-state index contributed by atoms with van der Waals surface area (Å²) in [5, 5.41) is 0. The topological polar surface area (TPSA) is 72.1 Å². The second kappa shape index (κ2) is 5.28. The van der Waals surface area contributed by atoms with Gasteiger partial charge in [-0.25, -0.2) is 9.97 Å². The Kier molecular flexibility index (Phi) is 3.14. The molecule has 2 aliphatic carbocycles. The van der Waals surface area contributed by atoms with Gasteiger partial charge >= 0.3 is 0 Å². The van der Waals surface area contributed by atoms with Crippen molar-refractivity contribution in [1.29, 1.82) is 0 Å². The van der Waals surface area contributed by atoms with Gasteiger partial charge in [0.2, 0.25) is 11.9 Å². The highest BCUT2D eigenvalue weighted by Gasteiger charge is 2.42. The number of carbonyl (C=O) groups is 1. The summed E-state index contributed by atoms with van der Waals surface area (Å²) < 4.78 is 0. The monoisotopic (exact) mass is 334 g/mol. The molecule has 1 amide bonds. The van der Waals surface area contributed by atoms with E-state index in [4.69, 9.17) is 15.7 Å². The van der Waals surface area contributed by atoms with Crippen molar-refractivity contribution in [3.63, 3.8) is 0 Å². The molecule has 1 saturated carbocycles. The quantitative estimate of drug-likeness (QED) is 0.935. The molecule has 5 heteroatoms. The Labute approximate surface area is 147 Å². The average Bonchev–Trinajstić information content (AvgIpc) is 3.22. The first-order valence-electron chi connectivity index (χ1n) is 9.20. The van der Waals surface area contributed by atoms with Crippen LogP contribution in [-0.2, 0) is 0 Å². The smallest absolute Gasteiger partial charge is 0.248 e. The zero-order valence-corrected chi connectivity index (χ0v) is 14.4. The van der Waals surface area contributed by atoms with Crippen LogP contribution >= 0.6 is 0 Å². The number of benzene rings is 1. The van der Waals surface area contributed by atoms with Crippen LogP contribution in [0.2, 0.25) is 0 Å². The van der Waals surface area contributed by atoms with Gasteiger partial charge in [0.1, 0.15) is 0 Å². The molecule has 2 bridgehead atoms. The van der Waals surface area contributed by atoms with Crippen molar-refractivity contribution in [3.8, 4) is 11.3 Å². The van der Waals surface area contributed by atoms with Crippen LogP contribution in [0.15, 0.2) is 24.3 Å². The predicted octanol–water partition coefficient (Wildman–Crippen LogP) is 3.21. The summed E-state index contributed by atoms with van der Waals surface area (Å²) in [7, 11) is 0. The molecule has 5 rings (SSSR count). The van der Waals surface area contributed by atoms with E-state index in [9.17, 15) is 4.79 Å². The SMILES string of the molecule is C[C@H]1CCN1c1nc(-c2cccc(C(N)=O)c2)c2c(n1)C1CCC2C1. The molecule has 25 heavy (non-hydrogen) atoms. The second-order valence-corrected chi connectivity index (χ2v) is 7.65. The van der Waals surface area contributed by atoms with E-state index in [0.29, 0.717) is 23.4 Å². The van der Waals surface area contributed by atoms with Crippen molar-refractivity contribution >= 4 is 11.9 Å². The van der Waals surface area contributed by atoms with E-state index in [1.807, 2.05) is 18.2 Å². The zero-order chi connectivity index (χ0) is 17.1. The standard InChI is InChI=1S/C20H22N4O/c1-11-7-8-24(11)20-22-17(13-3-2-4-15(10-13)19(21)25)16-12-5-6-14(9-12)18(16)23-20/h2-4,10-12,14H,5-9H2,1H3,(H2,21,25)/t11-,12?,14?/m0/s1. The molecule has 1 aromatic heterocycles. The molecule has 0 spiro atoms. The number of nitrogens with two attached hydrogens (primary N) is 1. The maximum absolute atomic E-state index is 11.6. The highest BCUT2D eigenvalue weighted by molar-refractivity contribution is 5.94. The largest absolute Gasteiger partial charge is 0.366 e. The first-order valence-corrected chi connectivity index (χ1v) is 9.20. The number of hydrogen-bond donors (Lipinski definition) is 1. The first-order chi connectivity index (χ1) is 12.1. The summed E-state index contributed by atoms with van der Waals surface area (Å²) in [4.78, 5) is 23.8. The van der Waals surface area contributed by atoms with Crippen molar-refractivity contribution in [2.24, 2.45) is 5.73 Å². The Bertz CT molecular complexity index is 878. The van der Waals surface area contributed by atoms with E-state index < -0.39 is 5.91 Å². The minimum Gasteiger partial charge on any atom is -0.366 e. The molecule has 2 unspecified atom stereocenters. The molecule has 1 saturated heterocycles. The molecule has 128 valence electrons. The third-order valence-corrected chi connectivity index (χ3v) is 6.19. The molecule has 1 aliphatic heterocycles. The predicted molar refractivity (Wildman–Crippen MR) is 96.7 cm³/mol. The Morgan fingerprint density at radius 1 is 1.20 bits per heavy atom. The highest BCUT2D eigenvalue weighted by atomic mass is 16.1. The van der Waals surface area contributed by atoms with Crippen LogP contribution in [0.4, 0.5) is 5.95 Å². The van der Waals surface area contributed by atoms with Gasteiger partial charge in [-0.2, -0.15) is 0 Å². The lowest BCUT2D eigenvalue weighted by Crippen LogP contribution is -2.46. The van der Waals surface area contributed by atoms with Crippen LogP contribution in [0, 0.1) is 0 Å². The molecule has 3 atom stereocenters. The van der Waals surface area contributed by atoms with Crippen LogP contribution in [0.25, 0.3) is 11.3 Å². The molecular weight excluding hydrogens is 312 g/mol. The fraction of sp³-hybridized carbons (Fsp3) is 0.450. The lowest BCUT2D eigenvalue weighted by Gasteiger charge is -2.39. The number of fused-ring (bicyclic) bond motifs is 5. The minimum absolute atomic E-state index is 0.398. The van der Waals surface area contributed by atoms with Crippen LogP contribution in [-0.4, -0.2) is 28.5 Å². The fourth-order valence-corrected chi connectivity index (χ4v) is 4.66. The van der Waals surface area contributed by atoms with Crippen molar-refractivity contribution in [1.82, 2.24) is 9.97 Å². The summed E-state index contributed by atoms with van der Waals surface area (Å²) in [6.45, 7) is 3.24. The fourth-order valence-electron chi connectivity index (χ4n) is 4.66. The third kappa shape index (κ3) is 2.18. The number of rotatable bonds is 3. The van der Waals surface area contributed by atoms with Crippen LogP contribution in [0.5, 0.6) is 0 Å². The van der Waals surface area contributed by atoms with Gasteiger partial charge in [0.25, 0.3) is 0 Å². The summed E-state index contributed by atoms with van der Waals surface area (Å²) in [6.07, 6.45) is 4.86. The normalized spacial score (nSPS) is 26.4. The van der Waals surface area contributed by atoms with E-state index in [1.165, 1.54) is 36.9 Å². The number of carbonyl (C=O) groups excluding carboxylic acids is 1. The Hall–Kier alpha value is -2.43. The van der Waals surface area contributed by atoms with Crippen LogP contribution in [0.3, 0.4) is 0 Å². The third-order valence-electron chi connectivity index (χ3n) is 6.19. The summed E-state index contributed by atoms with van der Waals surface area (Å²) in [5.41, 5.74) is 10.6. The number of anilines is 1. The Balaban J connectivity index is 1.69. The number of amides is 1. The van der Waals surface area contributed by atoms with Gasteiger partial charge in [-0.3, -0.25) is 4.79 Å². The molecule has 1 aromatic carbocycles. The van der Waals surface area contributed by atoms with Gasteiger partial charge in [-0.15, -0.1) is 0 Å². The van der Waals surface area contributed by atoms with E-state index in [1.54, 1.807) is 6.07 Å². The number of hydrogen-bond acceptors (Lipinski definition) is 4. The summed E-state index contributed by atoms with van der Waals surface area (Å²) in [6, 6.07) is 8.06. The first kappa shape index (κ1) is 14.9. The minimum atomic E-state index is -0.398. The molecule has 0 radical (unpaired) electrons. The number of primary amides is 1. The van der Waals surface area contributed by atoms with E-state index >= 15 is 0 Å². The highest BCUT2D eigenvalue weighted by Crippen LogP contribution is 2.55. The van der Waals surface area contributed by atoms with Gasteiger partial charge < -0.3 is 10.6 Å². The van der Waals surface area contributed by atoms with Gasteiger partial charge in [0.15, 0.2) is 0 Å². The molecule has 2 aromatic rings. The van der Waals surface area contributed by atoms with Crippen molar-refractivity contribution in [3.05, 3.63) is 41.1 Å². The second-order valence-electron chi connectivity index (χ2n) is 7.65. The van der Waals surface area contributed by atoms with Crippen molar-refractivity contribution < 1.29 is 4.79 Å². The van der Waals surface area contributed by atoms with E-state index in [0.717, 1.165) is 23.8 Å². The van der Waals surface area contributed by atoms with Crippen molar-refractivity contribution in [2.75, 3.05) is 11.4 Å². The molecule has 2 N–H and O–H groups in total. The van der Waals surface area contributed by atoms with Crippen molar-refractivity contribution in [2.45, 2.75) is 50.5 Å². The zero-order valence-electron chi connectivity index (χ0n) is 14.4. The number of nitrogens with zero attached hydrogens (tertiary/aromatic N) is 3. The van der Waals surface area contributed by atoms with Gasteiger partial charge in [0, 0.05) is 35.2 Å². The Morgan fingerprint density at radius 2 is 2.04 bits per heavy atom. The molecular formula is C20H22N4O. The van der Waals surface area contributed by atoms with Crippen LogP contribution < -0.4 is 10.6 Å². The molecule has 5 nitrogen and oxygen atoms in total. The van der Waals surface area contributed by atoms with Gasteiger partial charge in [-0.1, -0.05) is 12.1 Å². The van der Waals surface area contributed by atoms with E-state index in [-0.39, 0.29) is 0 Å². The molecule has 2 fully saturated rings. The molecule has 2 heterocycles. The molecule has 3 aliphatic rings. The lowest BCUT2D eigenvalue weighted by atomic mass is 9.91. The summed E-state index contributed by atoms with van der Waals surface area (Å²) in [5.74, 6) is 1.60. The Morgan fingerprint density at radius 3 is 2.76 bits per heavy atom.